The smallest absolute Gasteiger partial charge is 0.267 e. The molecule has 2 aliphatic heterocycles. The maximum Gasteiger partial charge on any atom is 0.267 e. The van der Waals surface area contributed by atoms with Crippen LogP contribution in [0.25, 0.3) is 6.08 Å². The number of carbonyl (C=O) groups excluding carboxylic acids is 2. The van der Waals surface area contributed by atoms with Crippen molar-refractivity contribution in [3.05, 3.63) is 71.3 Å². The van der Waals surface area contributed by atoms with E-state index in [4.69, 9.17) is 5.21 Å². The lowest BCUT2D eigenvalue weighted by molar-refractivity contribution is -0.124. The van der Waals surface area contributed by atoms with Gasteiger partial charge in [-0.15, -0.1) is 0 Å². The minimum absolute atomic E-state index is 0.0750. The molecule has 2 N–H and O–H groups in total. The van der Waals surface area contributed by atoms with Gasteiger partial charge in [0.05, 0.1) is 6.04 Å². The Hall–Kier alpha value is -2.96. The van der Waals surface area contributed by atoms with Crippen molar-refractivity contribution < 1.29 is 14.8 Å². The molecular weight excluding hydrogens is 366 g/mol. The Kier molecular flexibility index (Phi) is 5.74. The summed E-state index contributed by atoms with van der Waals surface area (Å²) in [6.45, 7) is 2.42. The summed E-state index contributed by atoms with van der Waals surface area (Å²) < 4.78 is 0. The fourth-order valence-electron chi connectivity index (χ4n) is 4.22. The van der Waals surface area contributed by atoms with E-state index >= 15 is 0 Å². The molecule has 29 heavy (non-hydrogen) atoms. The van der Waals surface area contributed by atoms with Crippen LogP contribution in [0.2, 0.25) is 0 Å². The Morgan fingerprint density at radius 1 is 1.10 bits per heavy atom. The molecule has 0 aliphatic carbocycles. The van der Waals surface area contributed by atoms with Crippen LogP contribution >= 0.6 is 0 Å². The van der Waals surface area contributed by atoms with Crippen LogP contribution in [0.15, 0.2) is 54.6 Å². The maximum absolute atomic E-state index is 13.3. The predicted molar refractivity (Wildman–Crippen MR) is 111 cm³/mol. The summed E-state index contributed by atoms with van der Waals surface area (Å²) >= 11 is 0. The third kappa shape index (κ3) is 4.23. The van der Waals surface area contributed by atoms with Gasteiger partial charge in [-0.3, -0.25) is 19.7 Å². The van der Waals surface area contributed by atoms with E-state index in [1.54, 1.807) is 11.6 Å². The molecule has 0 radical (unpaired) electrons. The number of hydroxylamine groups is 1. The highest BCUT2D eigenvalue weighted by molar-refractivity contribution is 5.99. The first-order valence-electron chi connectivity index (χ1n) is 10.00. The molecule has 0 unspecified atom stereocenters. The lowest BCUT2D eigenvalue weighted by Gasteiger charge is -2.28. The normalized spacial score (nSPS) is 18.9. The van der Waals surface area contributed by atoms with Crippen molar-refractivity contribution in [2.45, 2.75) is 31.8 Å². The van der Waals surface area contributed by atoms with E-state index < -0.39 is 5.91 Å². The van der Waals surface area contributed by atoms with Crippen LogP contribution in [-0.4, -0.2) is 41.1 Å². The van der Waals surface area contributed by atoms with E-state index in [0.717, 1.165) is 55.7 Å². The molecule has 1 saturated heterocycles. The second-order valence-electron chi connectivity index (χ2n) is 7.55. The summed E-state index contributed by atoms with van der Waals surface area (Å²) in [5.74, 6) is -0.349. The molecule has 4 rings (SSSR count). The number of anilines is 1. The largest absolute Gasteiger partial charge is 0.310 e. The van der Waals surface area contributed by atoms with Crippen LogP contribution < -0.4 is 10.4 Å². The quantitative estimate of drug-likeness (QED) is 0.467. The molecule has 0 bridgehead atoms. The number of likely N-dealkylation sites (tertiary alicyclic amines) is 1. The molecule has 1 atom stereocenters. The number of nitrogens with zero attached hydrogens (tertiary/aromatic N) is 2. The van der Waals surface area contributed by atoms with Crippen molar-refractivity contribution in [2.24, 2.45) is 0 Å². The van der Waals surface area contributed by atoms with Crippen molar-refractivity contribution in [1.82, 2.24) is 10.4 Å². The third-order valence-electron chi connectivity index (χ3n) is 5.70. The molecule has 0 aromatic heterocycles. The summed E-state index contributed by atoms with van der Waals surface area (Å²) in [4.78, 5) is 28.6. The lowest BCUT2D eigenvalue weighted by atomic mass is 10.1. The first kappa shape index (κ1) is 19.4. The van der Waals surface area contributed by atoms with Gasteiger partial charge in [0.1, 0.15) is 0 Å². The van der Waals surface area contributed by atoms with Crippen LogP contribution in [-0.2, 0) is 22.6 Å². The van der Waals surface area contributed by atoms with Gasteiger partial charge in [-0.1, -0.05) is 42.5 Å². The van der Waals surface area contributed by atoms with Gasteiger partial charge in [0, 0.05) is 24.9 Å². The van der Waals surface area contributed by atoms with Gasteiger partial charge in [0.15, 0.2) is 0 Å². The Bertz CT molecular complexity index is 923. The number of rotatable bonds is 5. The highest BCUT2D eigenvalue weighted by Gasteiger charge is 2.36. The van der Waals surface area contributed by atoms with Gasteiger partial charge in [-0.2, -0.15) is 0 Å². The minimum Gasteiger partial charge on any atom is -0.310 e. The van der Waals surface area contributed by atoms with E-state index in [2.05, 4.69) is 11.0 Å². The fraction of sp³-hybridized carbons (Fsp3) is 0.304. The predicted octanol–water partition coefficient (Wildman–Crippen LogP) is 2.76. The molecule has 1 fully saturated rings. The Morgan fingerprint density at radius 2 is 1.90 bits per heavy atom. The summed E-state index contributed by atoms with van der Waals surface area (Å²) in [6, 6.07) is 16.0. The van der Waals surface area contributed by atoms with E-state index in [9.17, 15) is 9.59 Å². The molecule has 150 valence electrons. The molecule has 2 aromatic rings. The van der Waals surface area contributed by atoms with Gasteiger partial charge >= 0.3 is 0 Å². The summed E-state index contributed by atoms with van der Waals surface area (Å²) in [5, 5.41) is 8.53. The zero-order valence-electron chi connectivity index (χ0n) is 16.3. The molecule has 2 aliphatic rings. The van der Waals surface area contributed by atoms with Gasteiger partial charge in [0.2, 0.25) is 5.91 Å². The summed E-state index contributed by atoms with van der Waals surface area (Å²) in [6.07, 6.45) is 5.77. The number of hydrogen-bond acceptors (Lipinski definition) is 4. The Morgan fingerprint density at radius 3 is 2.69 bits per heavy atom. The lowest BCUT2D eigenvalue weighted by Crippen LogP contribution is -2.45. The number of nitrogens with one attached hydrogen (secondary N) is 1. The molecule has 0 saturated carbocycles. The summed E-state index contributed by atoms with van der Waals surface area (Å²) in [5.41, 5.74) is 5.90. The molecule has 2 aromatic carbocycles. The zero-order valence-corrected chi connectivity index (χ0v) is 16.3. The monoisotopic (exact) mass is 391 g/mol. The average Bonchev–Trinajstić information content (AvgIpc) is 3.39. The van der Waals surface area contributed by atoms with Crippen LogP contribution in [0.1, 0.15) is 29.5 Å². The standard InChI is InChI=1S/C23H25N3O3/c27-22(24-29)12-11-17-7-9-18(10-8-17)16-25-14-3-6-21(25)23(28)26-15-13-19-4-1-2-5-20(19)26/h1-2,4-5,7-12,21,29H,3,6,13-16H2,(H,24,27)/b12-11+/t21-/m1/s1. The van der Waals surface area contributed by atoms with Crippen LogP contribution in [0.4, 0.5) is 5.69 Å². The van der Waals surface area contributed by atoms with Gasteiger partial charge in [0.25, 0.3) is 5.91 Å². The van der Waals surface area contributed by atoms with Crippen molar-refractivity contribution >= 4 is 23.6 Å². The van der Waals surface area contributed by atoms with E-state index in [0.29, 0.717) is 0 Å². The maximum atomic E-state index is 13.3. The van der Waals surface area contributed by atoms with Crippen LogP contribution in [0, 0.1) is 0 Å². The van der Waals surface area contributed by atoms with E-state index in [1.807, 2.05) is 47.4 Å². The molecule has 2 heterocycles. The average molecular weight is 391 g/mol. The Balaban J connectivity index is 1.42. The number of benzene rings is 2. The van der Waals surface area contributed by atoms with Gasteiger partial charge < -0.3 is 4.90 Å². The van der Waals surface area contributed by atoms with Gasteiger partial charge in [-0.25, -0.2) is 5.48 Å². The molecular formula is C23H25N3O3. The van der Waals surface area contributed by atoms with E-state index in [-0.39, 0.29) is 11.9 Å². The number of para-hydroxylation sites is 1. The molecule has 6 heteroatoms. The topological polar surface area (TPSA) is 72.9 Å². The van der Waals surface area contributed by atoms with E-state index in [1.165, 1.54) is 11.6 Å². The van der Waals surface area contributed by atoms with Crippen molar-refractivity contribution in [3.8, 4) is 0 Å². The highest BCUT2D eigenvalue weighted by Crippen LogP contribution is 2.31. The first-order valence-corrected chi connectivity index (χ1v) is 10.00. The van der Waals surface area contributed by atoms with Crippen molar-refractivity contribution in [2.75, 3.05) is 18.0 Å². The van der Waals surface area contributed by atoms with Crippen molar-refractivity contribution in [3.63, 3.8) is 0 Å². The second kappa shape index (κ2) is 8.59. The number of amides is 2. The number of carbonyl (C=O) groups is 2. The minimum atomic E-state index is -0.559. The zero-order chi connectivity index (χ0) is 20.2. The molecule has 6 nitrogen and oxygen atoms in total. The fourth-order valence-corrected chi connectivity index (χ4v) is 4.22. The first-order chi connectivity index (χ1) is 14.2. The Labute approximate surface area is 170 Å². The second-order valence-corrected chi connectivity index (χ2v) is 7.55. The van der Waals surface area contributed by atoms with Crippen molar-refractivity contribution in [1.29, 1.82) is 0 Å². The van der Waals surface area contributed by atoms with Gasteiger partial charge in [-0.05, 0) is 54.6 Å². The molecule has 0 spiro atoms. The summed E-state index contributed by atoms with van der Waals surface area (Å²) in [7, 11) is 0. The van der Waals surface area contributed by atoms with Crippen LogP contribution in [0.5, 0.6) is 0 Å². The molecule has 2 amide bonds. The number of hydrogen-bond donors (Lipinski definition) is 2. The third-order valence-corrected chi connectivity index (χ3v) is 5.70. The SMILES string of the molecule is O=C(/C=C/c1ccc(CN2CCC[C@@H]2C(=O)N2CCc3ccccc32)cc1)NO. The number of fused-ring (bicyclic) bond motifs is 1. The highest BCUT2D eigenvalue weighted by atomic mass is 16.5. The van der Waals surface area contributed by atoms with Crippen LogP contribution in [0.3, 0.4) is 0 Å².